The molecule has 2 aliphatic rings. The first kappa shape index (κ1) is 15.5. The molecule has 2 aromatic rings. The minimum atomic E-state index is -0.00136. The molecule has 0 N–H and O–H groups in total. The van der Waals surface area contributed by atoms with E-state index in [2.05, 4.69) is 19.9 Å². The van der Waals surface area contributed by atoms with Crippen LogP contribution >= 0.6 is 11.3 Å². The van der Waals surface area contributed by atoms with E-state index in [9.17, 15) is 4.79 Å². The van der Waals surface area contributed by atoms with Crippen molar-refractivity contribution in [2.24, 2.45) is 5.92 Å². The summed E-state index contributed by atoms with van der Waals surface area (Å²) in [7, 11) is 0. The maximum Gasteiger partial charge on any atom is 0.273 e. The summed E-state index contributed by atoms with van der Waals surface area (Å²) in [4.78, 5) is 29.6. The molecule has 0 aliphatic carbocycles. The van der Waals surface area contributed by atoms with Crippen LogP contribution in [-0.4, -0.2) is 64.6 Å². The quantitative estimate of drug-likeness (QED) is 0.815. The van der Waals surface area contributed by atoms with Gasteiger partial charge in [-0.2, -0.15) is 0 Å². The Labute approximate surface area is 144 Å². The molecule has 2 saturated heterocycles. The van der Waals surface area contributed by atoms with E-state index in [1.165, 1.54) is 11.3 Å². The van der Waals surface area contributed by atoms with Crippen LogP contribution in [-0.2, 0) is 4.74 Å². The Morgan fingerprint density at radius 3 is 2.88 bits per heavy atom. The second kappa shape index (κ2) is 6.45. The Morgan fingerprint density at radius 2 is 2.12 bits per heavy atom. The van der Waals surface area contributed by atoms with Gasteiger partial charge in [-0.05, 0) is 13.0 Å². The topological polar surface area (TPSA) is 71.5 Å². The number of rotatable bonds is 2. The van der Waals surface area contributed by atoms with E-state index in [-0.39, 0.29) is 17.9 Å². The number of fused-ring (bicyclic) bond motifs is 1. The summed E-state index contributed by atoms with van der Waals surface area (Å²) in [5.41, 5.74) is 0.539. The molecule has 2 aliphatic heterocycles. The number of carbonyl (C=O) groups is 1. The van der Waals surface area contributed by atoms with E-state index in [1.54, 1.807) is 12.4 Å². The highest BCUT2D eigenvalue weighted by molar-refractivity contribution is 7.09. The maximum atomic E-state index is 12.6. The van der Waals surface area contributed by atoms with E-state index >= 15 is 0 Å². The number of carbonyl (C=O) groups excluding carboxylic acids is 1. The molecular formula is C16H19N5O2S. The highest BCUT2D eigenvalue weighted by Crippen LogP contribution is 2.26. The molecule has 8 heteroatoms. The van der Waals surface area contributed by atoms with Gasteiger partial charge in [0.15, 0.2) is 0 Å². The lowest BCUT2D eigenvalue weighted by Crippen LogP contribution is -2.35. The van der Waals surface area contributed by atoms with Crippen LogP contribution in [0.5, 0.6) is 0 Å². The molecule has 1 amide bonds. The Kier molecular flexibility index (Phi) is 4.15. The predicted molar refractivity (Wildman–Crippen MR) is 90.2 cm³/mol. The molecule has 0 aromatic carbocycles. The van der Waals surface area contributed by atoms with Gasteiger partial charge in [0.25, 0.3) is 5.91 Å². The Hall–Kier alpha value is -2.06. The van der Waals surface area contributed by atoms with Crippen molar-refractivity contribution in [1.82, 2.24) is 19.9 Å². The highest BCUT2D eigenvalue weighted by atomic mass is 32.1. The maximum absolute atomic E-state index is 12.6. The van der Waals surface area contributed by atoms with Crippen LogP contribution in [0.3, 0.4) is 0 Å². The van der Waals surface area contributed by atoms with Gasteiger partial charge >= 0.3 is 0 Å². The molecule has 0 bridgehead atoms. The van der Waals surface area contributed by atoms with Crippen LogP contribution in [0.2, 0.25) is 0 Å². The molecule has 2 atom stereocenters. The molecule has 2 fully saturated rings. The number of nitrogens with zero attached hydrogens (tertiary/aromatic N) is 5. The average molecular weight is 345 g/mol. The summed E-state index contributed by atoms with van der Waals surface area (Å²) in [6, 6.07) is 1.81. The standard InChI is InChI=1S/C16H19N5O2S/c1-11-19-13(10-24-11)15(22)21-8-12-7-20(5-6-23-14(12)9-21)16-17-3-2-4-18-16/h2-4,10,12,14H,5-9H2,1H3/t12-,14+/m0/s1. The summed E-state index contributed by atoms with van der Waals surface area (Å²) in [6.07, 6.45) is 3.57. The molecule has 7 nitrogen and oxygen atoms in total. The number of amides is 1. The van der Waals surface area contributed by atoms with Gasteiger partial charge in [-0.25, -0.2) is 15.0 Å². The lowest BCUT2D eigenvalue weighted by Gasteiger charge is -2.23. The van der Waals surface area contributed by atoms with Crippen LogP contribution in [0, 0.1) is 12.8 Å². The molecular weight excluding hydrogens is 326 g/mol. The monoisotopic (exact) mass is 345 g/mol. The Bertz CT molecular complexity index is 722. The fourth-order valence-electron chi connectivity index (χ4n) is 3.32. The van der Waals surface area contributed by atoms with Gasteiger partial charge in [-0.3, -0.25) is 4.79 Å². The van der Waals surface area contributed by atoms with E-state index in [0.717, 1.165) is 24.0 Å². The largest absolute Gasteiger partial charge is 0.374 e. The van der Waals surface area contributed by atoms with Crippen molar-refractivity contribution in [2.45, 2.75) is 13.0 Å². The van der Waals surface area contributed by atoms with Gasteiger partial charge in [0.2, 0.25) is 5.95 Å². The van der Waals surface area contributed by atoms with Crippen molar-refractivity contribution in [3.05, 3.63) is 34.5 Å². The number of anilines is 1. The molecule has 0 saturated carbocycles. The summed E-state index contributed by atoms with van der Waals surface area (Å²) >= 11 is 1.50. The molecule has 4 heterocycles. The lowest BCUT2D eigenvalue weighted by molar-refractivity contribution is 0.0497. The molecule has 126 valence electrons. The fraction of sp³-hybridized carbons (Fsp3) is 0.500. The minimum Gasteiger partial charge on any atom is -0.374 e. The predicted octanol–water partition coefficient (Wildman–Crippen LogP) is 1.22. The van der Waals surface area contributed by atoms with E-state index in [1.807, 2.05) is 23.3 Å². The zero-order valence-corrected chi connectivity index (χ0v) is 14.3. The number of hydrogen-bond donors (Lipinski definition) is 0. The number of likely N-dealkylation sites (tertiary alicyclic amines) is 1. The van der Waals surface area contributed by atoms with E-state index in [4.69, 9.17) is 4.74 Å². The molecule has 0 unspecified atom stereocenters. The second-order valence-electron chi connectivity index (χ2n) is 6.13. The van der Waals surface area contributed by atoms with Gasteiger partial charge in [0.05, 0.1) is 17.7 Å². The first-order valence-corrected chi connectivity index (χ1v) is 8.93. The zero-order valence-electron chi connectivity index (χ0n) is 13.5. The minimum absolute atomic E-state index is 0.00136. The number of aromatic nitrogens is 3. The fourth-order valence-corrected chi connectivity index (χ4v) is 3.91. The van der Waals surface area contributed by atoms with Crippen molar-refractivity contribution < 1.29 is 9.53 Å². The Morgan fingerprint density at radius 1 is 1.29 bits per heavy atom. The zero-order chi connectivity index (χ0) is 16.5. The number of thiazole rings is 1. The lowest BCUT2D eigenvalue weighted by atomic mass is 10.1. The van der Waals surface area contributed by atoms with E-state index in [0.29, 0.717) is 25.4 Å². The third-order valence-electron chi connectivity index (χ3n) is 4.49. The smallest absolute Gasteiger partial charge is 0.273 e. The van der Waals surface area contributed by atoms with Crippen molar-refractivity contribution in [1.29, 1.82) is 0 Å². The van der Waals surface area contributed by atoms with Crippen molar-refractivity contribution in [3.63, 3.8) is 0 Å². The average Bonchev–Trinajstić information content (AvgIpc) is 3.16. The normalized spacial score (nSPS) is 23.9. The third kappa shape index (κ3) is 2.99. The number of aryl methyl sites for hydroxylation is 1. The SMILES string of the molecule is Cc1nc(C(=O)N2C[C@@H]3CN(c4ncccn4)CCO[C@@H]3C2)cs1. The highest BCUT2D eigenvalue weighted by Gasteiger charge is 2.39. The van der Waals surface area contributed by atoms with Crippen LogP contribution in [0.1, 0.15) is 15.5 Å². The number of hydrogen-bond acceptors (Lipinski definition) is 7. The van der Waals surface area contributed by atoms with Gasteiger partial charge in [-0.1, -0.05) is 0 Å². The summed E-state index contributed by atoms with van der Waals surface area (Å²) in [5.74, 6) is 0.986. The third-order valence-corrected chi connectivity index (χ3v) is 5.26. The molecule has 0 radical (unpaired) electrons. The summed E-state index contributed by atoms with van der Waals surface area (Å²) in [5, 5.41) is 2.74. The number of ether oxygens (including phenoxy) is 1. The van der Waals surface area contributed by atoms with Crippen LogP contribution in [0.25, 0.3) is 0 Å². The Balaban J connectivity index is 1.47. The van der Waals surface area contributed by atoms with E-state index < -0.39 is 0 Å². The van der Waals surface area contributed by atoms with Crippen molar-refractivity contribution in [2.75, 3.05) is 37.7 Å². The first-order chi connectivity index (χ1) is 11.7. The molecule has 2 aromatic heterocycles. The van der Waals surface area contributed by atoms with Crippen LogP contribution in [0.4, 0.5) is 5.95 Å². The molecule has 0 spiro atoms. The van der Waals surface area contributed by atoms with Gasteiger partial charge < -0.3 is 14.5 Å². The second-order valence-corrected chi connectivity index (χ2v) is 7.19. The van der Waals surface area contributed by atoms with Crippen molar-refractivity contribution >= 4 is 23.2 Å². The van der Waals surface area contributed by atoms with Crippen LogP contribution in [0.15, 0.2) is 23.8 Å². The summed E-state index contributed by atoms with van der Waals surface area (Å²) < 4.78 is 5.99. The van der Waals surface area contributed by atoms with Gasteiger partial charge in [0.1, 0.15) is 5.69 Å². The first-order valence-electron chi connectivity index (χ1n) is 8.05. The van der Waals surface area contributed by atoms with Crippen molar-refractivity contribution in [3.8, 4) is 0 Å². The van der Waals surface area contributed by atoms with Crippen LogP contribution < -0.4 is 4.90 Å². The van der Waals surface area contributed by atoms with Gasteiger partial charge in [0, 0.05) is 49.9 Å². The summed E-state index contributed by atoms with van der Waals surface area (Å²) in [6.45, 7) is 5.42. The van der Waals surface area contributed by atoms with Gasteiger partial charge in [-0.15, -0.1) is 11.3 Å². The molecule has 24 heavy (non-hydrogen) atoms. The molecule has 4 rings (SSSR count).